The maximum absolute atomic E-state index is 11.5. The summed E-state index contributed by atoms with van der Waals surface area (Å²) in [6, 6.07) is 9.46. The minimum absolute atomic E-state index is 0.244. The van der Waals surface area contributed by atoms with Gasteiger partial charge in [-0.3, -0.25) is 0 Å². The molecule has 1 aliphatic rings. The molecule has 1 fully saturated rings. The Kier molecular flexibility index (Phi) is 3.38. The van der Waals surface area contributed by atoms with Gasteiger partial charge in [-0.05, 0) is 5.56 Å². The van der Waals surface area contributed by atoms with Crippen LogP contribution in [0.2, 0.25) is 0 Å². The SMILES string of the molecule is O=C(OCc1ccccc1)N1CC(O)CN1. The number of carbonyl (C=O) groups is 1. The van der Waals surface area contributed by atoms with Crippen molar-refractivity contribution in [3.63, 3.8) is 0 Å². The Bertz CT molecular complexity index is 356. The van der Waals surface area contributed by atoms with E-state index in [-0.39, 0.29) is 13.2 Å². The lowest BCUT2D eigenvalue weighted by molar-refractivity contribution is 0.0854. The number of nitrogens with zero attached hydrogens (tertiary/aromatic N) is 1. The zero-order chi connectivity index (χ0) is 11.4. The van der Waals surface area contributed by atoms with Crippen molar-refractivity contribution in [3.8, 4) is 0 Å². The summed E-state index contributed by atoms with van der Waals surface area (Å²) in [6.45, 7) is 0.905. The molecule has 16 heavy (non-hydrogen) atoms. The molecule has 0 spiro atoms. The Morgan fingerprint density at radius 2 is 2.25 bits per heavy atom. The Hall–Kier alpha value is -1.59. The van der Waals surface area contributed by atoms with Crippen molar-refractivity contribution < 1.29 is 14.6 Å². The molecule has 1 heterocycles. The van der Waals surface area contributed by atoms with Crippen molar-refractivity contribution in [3.05, 3.63) is 35.9 Å². The van der Waals surface area contributed by atoms with Crippen LogP contribution in [0.5, 0.6) is 0 Å². The number of rotatable bonds is 2. The largest absolute Gasteiger partial charge is 0.444 e. The first-order valence-corrected chi connectivity index (χ1v) is 5.15. The second kappa shape index (κ2) is 4.96. The molecule has 0 aliphatic carbocycles. The molecule has 2 N–H and O–H groups in total. The predicted molar refractivity (Wildman–Crippen MR) is 57.3 cm³/mol. The molecule has 0 radical (unpaired) electrons. The van der Waals surface area contributed by atoms with Gasteiger partial charge in [0.1, 0.15) is 6.61 Å². The van der Waals surface area contributed by atoms with Crippen LogP contribution >= 0.6 is 0 Å². The number of ether oxygens (including phenoxy) is 1. The molecule has 5 heteroatoms. The highest BCUT2D eigenvalue weighted by Crippen LogP contribution is 2.04. The predicted octanol–water partition coefficient (Wildman–Crippen LogP) is 0.504. The highest BCUT2D eigenvalue weighted by Gasteiger charge is 2.25. The van der Waals surface area contributed by atoms with E-state index in [1.165, 1.54) is 5.01 Å². The first-order chi connectivity index (χ1) is 7.75. The van der Waals surface area contributed by atoms with Gasteiger partial charge in [-0.2, -0.15) is 0 Å². The third-order valence-corrected chi connectivity index (χ3v) is 2.34. The molecular formula is C11H14N2O3. The van der Waals surface area contributed by atoms with Crippen LogP contribution in [0.15, 0.2) is 30.3 Å². The molecule has 1 aliphatic heterocycles. The molecule has 5 nitrogen and oxygen atoms in total. The van der Waals surface area contributed by atoms with Crippen molar-refractivity contribution in [1.82, 2.24) is 10.4 Å². The molecular weight excluding hydrogens is 208 g/mol. The average molecular weight is 222 g/mol. The van der Waals surface area contributed by atoms with Gasteiger partial charge in [0.15, 0.2) is 0 Å². The third-order valence-electron chi connectivity index (χ3n) is 2.34. The normalized spacial score (nSPS) is 19.8. The number of benzene rings is 1. The molecule has 0 bridgehead atoms. The van der Waals surface area contributed by atoms with Gasteiger partial charge in [0, 0.05) is 6.54 Å². The van der Waals surface area contributed by atoms with Gasteiger partial charge in [-0.1, -0.05) is 30.3 Å². The second-order valence-electron chi connectivity index (χ2n) is 3.67. The highest BCUT2D eigenvalue weighted by molar-refractivity contribution is 5.67. The van der Waals surface area contributed by atoms with E-state index in [1.807, 2.05) is 30.3 Å². The number of aliphatic hydroxyl groups excluding tert-OH is 1. The summed E-state index contributed by atoms with van der Waals surface area (Å²) >= 11 is 0. The summed E-state index contributed by atoms with van der Waals surface area (Å²) in [5.41, 5.74) is 3.69. The number of hydrogen-bond donors (Lipinski definition) is 2. The van der Waals surface area contributed by atoms with Crippen LogP contribution in [0.25, 0.3) is 0 Å². The Morgan fingerprint density at radius 3 is 2.88 bits per heavy atom. The molecule has 1 amide bonds. The number of nitrogens with one attached hydrogen (secondary N) is 1. The summed E-state index contributed by atoms with van der Waals surface area (Å²) in [4.78, 5) is 11.5. The number of carbonyl (C=O) groups excluding carboxylic acids is 1. The number of hydrazine groups is 1. The first kappa shape index (κ1) is 10.9. The first-order valence-electron chi connectivity index (χ1n) is 5.15. The Balaban J connectivity index is 1.80. The zero-order valence-electron chi connectivity index (χ0n) is 8.80. The summed E-state index contributed by atoms with van der Waals surface area (Å²) in [5.74, 6) is 0. The Morgan fingerprint density at radius 1 is 1.50 bits per heavy atom. The molecule has 1 aromatic rings. The molecule has 86 valence electrons. The van der Waals surface area contributed by atoms with Crippen LogP contribution in [0.3, 0.4) is 0 Å². The van der Waals surface area contributed by atoms with E-state index in [0.717, 1.165) is 5.56 Å². The van der Waals surface area contributed by atoms with Crippen LogP contribution in [0.4, 0.5) is 4.79 Å². The lowest BCUT2D eigenvalue weighted by Crippen LogP contribution is -2.37. The van der Waals surface area contributed by atoms with E-state index in [0.29, 0.717) is 6.54 Å². The van der Waals surface area contributed by atoms with Crippen molar-refractivity contribution in [2.45, 2.75) is 12.7 Å². The lowest BCUT2D eigenvalue weighted by atomic mass is 10.2. The van der Waals surface area contributed by atoms with Gasteiger partial charge in [0.25, 0.3) is 0 Å². The average Bonchev–Trinajstić information content (AvgIpc) is 2.74. The summed E-state index contributed by atoms with van der Waals surface area (Å²) in [5, 5.41) is 10.5. The minimum Gasteiger partial charge on any atom is -0.444 e. The summed E-state index contributed by atoms with van der Waals surface area (Å²) < 4.78 is 5.07. The van der Waals surface area contributed by atoms with E-state index in [4.69, 9.17) is 4.74 Å². The Labute approximate surface area is 93.6 Å². The van der Waals surface area contributed by atoms with Crippen LogP contribution in [0.1, 0.15) is 5.56 Å². The van der Waals surface area contributed by atoms with Gasteiger partial charge in [-0.15, -0.1) is 0 Å². The quantitative estimate of drug-likeness (QED) is 0.765. The maximum Gasteiger partial charge on any atom is 0.424 e. The van der Waals surface area contributed by atoms with E-state index in [2.05, 4.69) is 5.43 Å². The molecule has 1 saturated heterocycles. The monoisotopic (exact) mass is 222 g/mol. The van der Waals surface area contributed by atoms with Crippen molar-refractivity contribution in [2.24, 2.45) is 0 Å². The highest BCUT2D eigenvalue weighted by atomic mass is 16.6. The molecule has 1 aromatic carbocycles. The number of aliphatic hydroxyl groups is 1. The van der Waals surface area contributed by atoms with Crippen molar-refractivity contribution in [2.75, 3.05) is 13.1 Å². The van der Waals surface area contributed by atoms with Crippen LogP contribution < -0.4 is 5.43 Å². The van der Waals surface area contributed by atoms with Gasteiger partial charge in [0.05, 0.1) is 12.6 Å². The van der Waals surface area contributed by atoms with Gasteiger partial charge >= 0.3 is 6.09 Å². The molecule has 0 saturated carbocycles. The van der Waals surface area contributed by atoms with Gasteiger partial charge < -0.3 is 9.84 Å². The number of hydrogen-bond acceptors (Lipinski definition) is 4. The summed E-state index contributed by atoms with van der Waals surface area (Å²) in [7, 11) is 0. The van der Waals surface area contributed by atoms with Gasteiger partial charge in [0.2, 0.25) is 0 Å². The van der Waals surface area contributed by atoms with E-state index >= 15 is 0 Å². The van der Waals surface area contributed by atoms with Crippen LogP contribution in [-0.4, -0.2) is 35.4 Å². The molecule has 2 rings (SSSR count). The molecule has 0 aromatic heterocycles. The van der Waals surface area contributed by atoms with Crippen molar-refractivity contribution >= 4 is 6.09 Å². The van der Waals surface area contributed by atoms with E-state index < -0.39 is 12.2 Å². The lowest BCUT2D eigenvalue weighted by Gasteiger charge is -2.15. The fraction of sp³-hybridized carbons (Fsp3) is 0.364. The number of amides is 1. The molecule has 1 unspecified atom stereocenters. The van der Waals surface area contributed by atoms with E-state index in [9.17, 15) is 9.90 Å². The third kappa shape index (κ3) is 2.71. The van der Waals surface area contributed by atoms with Crippen LogP contribution in [0, 0.1) is 0 Å². The second-order valence-corrected chi connectivity index (χ2v) is 3.67. The molecule has 1 atom stereocenters. The summed E-state index contributed by atoms with van der Waals surface area (Å²) in [6.07, 6.45) is -0.968. The standard InChI is InChI=1S/C11H14N2O3/c14-10-6-12-13(7-10)11(15)16-8-9-4-2-1-3-5-9/h1-5,10,12,14H,6-8H2. The van der Waals surface area contributed by atoms with Crippen molar-refractivity contribution in [1.29, 1.82) is 0 Å². The topological polar surface area (TPSA) is 61.8 Å². The van der Waals surface area contributed by atoms with E-state index in [1.54, 1.807) is 0 Å². The number of β-amino-alcohol motifs (C(OH)–C–C–N with tert-alkyl or cyclic N) is 1. The fourth-order valence-corrected chi connectivity index (χ4v) is 1.49. The maximum atomic E-state index is 11.5. The van der Waals surface area contributed by atoms with Crippen LogP contribution in [-0.2, 0) is 11.3 Å². The fourth-order valence-electron chi connectivity index (χ4n) is 1.49. The van der Waals surface area contributed by atoms with Gasteiger partial charge in [-0.25, -0.2) is 15.2 Å². The smallest absolute Gasteiger partial charge is 0.424 e. The zero-order valence-corrected chi connectivity index (χ0v) is 8.80. The minimum atomic E-state index is -0.510.